The molecule has 1 unspecified atom stereocenters. The van der Waals surface area contributed by atoms with Crippen molar-refractivity contribution in [2.45, 2.75) is 19.3 Å². The highest BCUT2D eigenvalue weighted by atomic mass is 16.3. The van der Waals surface area contributed by atoms with Gasteiger partial charge in [-0.2, -0.15) is 0 Å². The number of hydrogen-bond donors (Lipinski definition) is 1. The van der Waals surface area contributed by atoms with Crippen molar-refractivity contribution < 1.29 is 5.11 Å². The Morgan fingerprint density at radius 3 is 2.92 bits per heavy atom. The van der Waals surface area contributed by atoms with E-state index >= 15 is 0 Å². The molecule has 0 saturated heterocycles. The fourth-order valence-corrected chi connectivity index (χ4v) is 1.51. The fraction of sp³-hybridized carbons (Fsp3) is 0.500. The Kier molecular flexibility index (Phi) is 1.85. The van der Waals surface area contributed by atoms with Gasteiger partial charge in [-0.15, -0.1) is 0 Å². The maximum atomic E-state index is 8.86. The van der Waals surface area contributed by atoms with Crippen molar-refractivity contribution in [2.75, 3.05) is 6.61 Å². The van der Waals surface area contributed by atoms with Crippen LogP contribution in [0.2, 0.25) is 0 Å². The summed E-state index contributed by atoms with van der Waals surface area (Å²) >= 11 is 0. The van der Waals surface area contributed by atoms with Gasteiger partial charge in [0.15, 0.2) is 0 Å². The molecule has 64 valence electrons. The summed E-state index contributed by atoms with van der Waals surface area (Å²) in [5.41, 5.74) is 2.33. The number of aliphatic hydroxyl groups is 1. The van der Waals surface area contributed by atoms with E-state index in [9.17, 15) is 0 Å². The number of aromatic nitrogens is 1. The summed E-state index contributed by atoms with van der Waals surface area (Å²) < 4.78 is 0. The average Bonchev–Trinajstić information content (AvgIpc) is 2.85. The molecule has 2 heteroatoms. The lowest BCUT2D eigenvalue weighted by atomic mass is 10.2. The Balaban J connectivity index is 2.10. The van der Waals surface area contributed by atoms with E-state index in [1.54, 1.807) is 0 Å². The third kappa shape index (κ3) is 1.34. The molecular weight excluding hydrogens is 150 g/mol. The molecule has 0 aliphatic heterocycles. The second-order valence-corrected chi connectivity index (χ2v) is 3.55. The molecule has 12 heavy (non-hydrogen) atoms. The first-order chi connectivity index (χ1) is 5.81. The van der Waals surface area contributed by atoms with Crippen molar-refractivity contribution >= 4 is 0 Å². The Hall–Kier alpha value is -0.890. The molecule has 0 radical (unpaired) electrons. The van der Waals surface area contributed by atoms with Gasteiger partial charge in [0.1, 0.15) is 0 Å². The Bertz CT molecular complexity index is 268. The number of hydrogen-bond acceptors (Lipinski definition) is 2. The van der Waals surface area contributed by atoms with E-state index in [0.717, 1.165) is 12.1 Å². The molecule has 0 spiro atoms. The molecule has 0 bridgehead atoms. The predicted molar refractivity (Wildman–Crippen MR) is 46.9 cm³/mol. The molecule has 1 fully saturated rings. The van der Waals surface area contributed by atoms with Crippen LogP contribution in [-0.4, -0.2) is 16.7 Å². The van der Waals surface area contributed by atoms with E-state index in [-0.39, 0.29) is 0 Å². The lowest BCUT2D eigenvalue weighted by Crippen LogP contribution is -1.91. The first-order valence-corrected chi connectivity index (χ1v) is 4.34. The minimum Gasteiger partial charge on any atom is -0.396 e. The van der Waals surface area contributed by atoms with Crippen molar-refractivity contribution in [2.24, 2.45) is 5.92 Å². The van der Waals surface area contributed by atoms with E-state index in [0.29, 0.717) is 18.4 Å². The van der Waals surface area contributed by atoms with Crippen LogP contribution >= 0.6 is 0 Å². The highest BCUT2D eigenvalue weighted by Crippen LogP contribution is 2.45. The van der Waals surface area contributed by atoms with Crippen molar-refractivity contribution in [3.05, 3.63) is 29.6 Å². The van der Waals surface area contributed by atoms with Crippen molar-refractivity contribution in [1.82, 2.24) is 4.98 Å². The largest absolute Gasteiger partial charge is 0.396 e. The molecule has 0 amide bonds. The fourth-order valence-electron chi connectivity index (χ4n) is 1.51. The summed E-state index contributed by atoms with van der Waals surface area (Å²) in [5.74, 6) is 0.996. The maximum absolute atomic E-state index is 8.86. The highest BCUT2D eigenvalue weighted by Gasteiger charge is 2.38. The maximum Gasteiger partial charge on any atom is 0.0465 e. The molecular formula is C10H13NO. The number of rotatable bonds is 2. The van der Waals surface area contributed by atoms with E-state index in [1.807, 2.05) is 13.1 Å². The number of aryl methyl sites for hydroxylation is 1. The number of nitrogens with zero attached hydrogens (tertiary/aromatic N) is 1. The normalized spacial score (nSPS) is 27.2. The van der Waals surface area contributed by atoms with Crippen molar-refractivity contribution in [3.63, 3.8) is 0 Å². The molecule has 1 N–H and O–H groups in total. The predicted octanol–water partition coefficient (Wildman–Crippen LogP) is 1.49. The Morgan fingerprint density at radius 2 is 2.42 bits per heavy atom. The monoisotopic (exact) mass is 163 g/mol. The van der Waals surface area contributed by atoms with Crippen LogP contribution in [0.15, 0.2) is 18.3 Å². The van der Waals surface area contributed by atoms with Crippen LogP contribution in [0.4, 0.5) is 0 Å². The second-order valence-electron chi connectivity index (χ2n) is 3.55. The van der Waals surface area contributed by atoms with Gasteiger partial charge >= 0.3 is 0 Å². The van der Waals surface area contributed by atoms with Gasteiger partial charge in [0.2, 0.25) is 0 Å². The van der Waals surface area contributed by atoms with Crippen LogP contribution in [0.5, 0.6) is 0 Å². The third-order valence-corrected chi connectivity index (χ3v) is 2.47. The highest BCUT2D eigenvalue weighted by molar-refractivity contribution is 5.20. The molecule has 1 saturated carbocycles. The van der Waals surface area contributed by atoms with Gasteiger partial charge < -0.3 is 5.11 Å². The summed E-state index contributed by atoms with van der Waals surface area (Å²) in [4.78, 5) is 4.33. The summed E-state index contributed by atoms with van der Waals surface area (Å²) in [6.45, 7) is 2.34. The van der Waals surface area contributed by atoms with Crippen molar-refractivity contribution in [3.8, 4) is 0 Å². The van der Waals surface area contributed by atoms with Crippen LogP contribution in [0, 0.1) is 12.8 Å². The van der Waals surface area contributed by atoms with Gasteiger partial charge in [-0.3, -0.25) is 4.98 Å². The standard InChI is InChI=1S/C10H13NO/c1-7-2-3-10(11-5-7)9-4-8(9)6-12/h2-3,5,8-9,12H,4,6H2,1H3/t8-,9?/m1/s1. The minimum absolute atomic E-state index is 0.306. The SMILES string of the molecule is Cc1ccc(C2C[C@@H]2CO)nc1. The lowest BCUT2D eigenvalue weighted by Gasteiger charge is -1.97. The smallest absolute Gasteiger partial charge is 0.0465 e. The van der Waals surface area contributed by atoms with Gasteiger partial charge in [0.25, 0.3) is 0 Å². The zero-order valence-corrected chi connectivity index (χ0v) is 7.20. The van der Waals surface area contributed by atoms with E-state index < -0.39 is 0 Å². The molecule has 2 atom stereocenters. The zero-order chi connectivity index (χ0) is 8.55. The number of pyridine rings is 1. The molecule has 2 nitrogen and oxygen atoms in total. The topological polar surface area (TPSA) is 33.1 Å². The van der Waals surface area contributed by atoms with E-state index in [4.69, 9.17) is 5.11 Å². The third-order valence-electron chi connectivity index (χ3n) is 2.47. The molecule has 1 aromatic rings. The molecule has 2 rings (SSSR count). The van der Waals surface area contributed by atoms with Crippen LogP contribution in [0.3, 0.4) is 0 Å². The quantitative estimate of drug-likeness (QED) is 0.716. The van der Waals surface area contributed by atoms with Crippen LogP contribution in [-0.2, 0) is 0 Å². The molecule has 1 heterocycles. The lowest BCUT2D eigenvalue weighted by molar-refractivity contribution is 0.273. The van der Waals surface area contributed by atoms with Crippen LogP contribution in [0.25, 0.3) is 0 Å². The van der Waals surface area contributed by atoms with Gasteiger partial charge in [-0.05, 0) is 30.9 Å². The molecule has 0 aromatic carbocycles. The Labute approximate surface area is 72.3 Å². The molecule has 1 aliphatic carbocycles. The summed E-state index contributed by atoms with van der Waals surface area (Å²) in [6, 6.07) is 4.14. The first-order valence-electron chi connectivity index (χ1n) is 4.34. The van der Waals surface area contributed by atoms with E-state index in [2.05, 4.69) is 17.1 Å². The van der Waals surface area contributed by atoms with E-state index in [1.165, 1.54) is 5.56 Å². The molecule has 1 aromatic heterocycles. The molecule has 1 aliphatic rings. The first kappa shape index (κ1) is 7.74. The second kappa shape index (κ2) is 2.87. The van der Waals surface area contributed by atoms with Gasteiger partial charge in [-0.1, -0.05) is 6.07 Å². The van der Waals surface area contributed by atoms with Crippen LogP contribution < -0.4 is 0 Å². The van der Waals surface area contributed by atoms with Gasteiger partial charge in [0.05, 0.1) is 0 Å². The average molecular weight is 163 g/mol. The Morgan fingerprint density at radius 1 is 1.58 bits per heavy atom. The minimum atomic E-state index is 0.306. The summed E-state index contributed by atoms with van der Waals surface area (Å²) in [6.07, 6.45) is 2.99. The van der Waals surface area contributed by atoms with Gasteiger partial charge in [0, 0.05) is 24.4 Å². The van der Waals surface area contributed by atoms with Crippen LogP contribution in [0.1, 0.15) is 23.6 Å². The zero-order valence-electron chi connectivity index (χ0n) is 7.20. The van der Waals surface area contributed by atoms with Gasteiger partial charge in [-0.25, -0.2) is 0 Å². The summed E-state index contributed by atoms with van der Waals surface area (Å²) in [5, 5.41) is 8.86. The summed E-state index contributed by atoms with van der Waals surface area (Å²) in [7, 11) is 0. The number of aliphatic hydroxyl groups excluding tert-OH is 1. The van der Waals surface area contributed by atoms with Crippen molar-refractivity contribution in [1.29, 1.82) is 0 Å².